The van der Waals surface area contributed by atoms with E-state index in [9.17, 15) is 13.2 Å². The normalized spacial score (nSPS) is 13.4. The van der Waals surface area contributed by atoms with Gasteiger partial charge in [0.1, 0.15) is 0 Å². The van der Waals surface area contributed by atoms with E-state index in [0.717, 1.165) is 27.8 Å². The molecule has 0 saturated carbocycles. The Morgan fingerprint density at radius 2 is 1.17 bits per heavy atom. The number of hydrogen-bond donors (Lipinski definition) is 1. The number of sulfone groups is 1. The molecule has 0 bridgehead atoms. The molecule has 1 amide bonds. The molecule has 1 heterocycles. The number of halogens is 2. The molecule has 0 aliphatic carbocycles. The van der Waals surface area contributed by atoms with Gasteiger partial charge in [0.2, 0.25) is 0 Å². The maximum atomic E-state index is 13.5. The predicted octanol–water partition coefficient (Wildman–Crippen LogP) is 8.42. The van der Waals surface area contributed by atoms with E-state index < -0.39 is 9.84 Å². The summed E-state index contributed by atoms with van der Waals surface area (Å²) in [7, 11) is -3.62. The van der Waals surface area contributed by atoms with Crippen LogP contribution in [-0.2, 0) is 9.84 Å². The van der Waals surface area contributed by atoms with Gasteiger partial charge in [0.25, 0.3) is 5.91 Å². The van der Waals surface area contributed by atoms with Crippen molar-refractivity contribution in [2.24, 2.45) is 0 Å². The molecular weight excluding hydrogens is 647 g/mol. The largest absolute Gasteiger partial charge is 0.351 e. The number of nitrogens with zero attached hydrogens (tertiary/aromatic N) is 1. The van der Waals surface area contributed by atoms with Crippen LogP contribution in [0.15, 0.2) is 139 Å². The van der Waals surface area contributed by atoms with Crippen LogP contribution in [0.25, 0.3) is 4.91 Å². The second kappa shape index (κ2) is 14.3. The van der Waals surface area contributed by atoms with Crippen LogP contribution in [0.3, 0.4) is 0 Å². The number of benzene rings is 5. The van der Waals surface area contributed by atoms with Gasteiger partial charge in [0.05, 0.1) is 10.9 Å². The maximum absolute atomic E-state index is 13.5. The van der Waals surface area contributed by atoms with Gasteiger partial charge in [-0.1, -0.05) is 120 Å². The topological polar surface area (TPSA) is 66.5 Å². The Morgan fingerprint density at radius 3 is 1.66 bits per heavy atom. The molecule has 47 heavy (non-hydrogen) atoms. The second-order valence-corrected chi connectivity index (χ2v) is 14.6. The standard InChI is InChI=1S/C39H34Cl2N2O3S/c1-47(45,46)38(33-25-43(26-33)37(29-15-19-34(40)20-16-29)30-17-21-35(41)22-18-30)31-13-8-14-32(23-31)39(44)42-24-36(27-9-4-2-5-10-27)28-11-6-3-7-12-28/h2-23,36-37H,24-26H2,1H3,(H,42,44). The zero-order valence-electron chi connectivity index (χ0n) is 25.8. The van der Waals surface area contributed by atoms with Crippen LogP contribution in [0, 0.1) is 0 Å². The second-order valence-electron chi connectivity index (χ2n) is 11.8. The first-order valence-electron chi connectivity index (χ1n) is 15.3. The predicted molar refractivity (Wildman–Crippen MR) is 192 cm³/mol. The van der Waals surface area contributed by atoms with E-state index in [1.165, 1.54) is 6.26 Å². The third-order valence-corrected chi connectivity index (χ3v) is 10.2. The minimum atomic E-state index is -3.62. The van der Waals surface area contributed by atoms with Crippen molar-refractivity contribution < 1.29 is 13.2 Å². The minimum Gasteiger partial charge on any atom is -0.351 e. The fraction of sp³-hybridized carbons (Fsp3) is 0.154. The Kier molecular flexibility index (Phi) is 9.95. The van der Waals surface area contributed by atoms with E-state index in [-0.39, 0.29) is 22.8 Å². The molecule has 1 N–H and O–H groups in total. The Morgan fingerprint density at radius 1 is 0.681 bits per heavy atom. The number of hydrogen-bond acceptors (Lipinski definition) is 4. The Labute approximate surface area is 286 Å². The minimum absolute atomic E-state index is 0.0339. The van der Waals surface area contributed by atoms with Crippen molar-refractivity contribution >= 4 is 43.9 Å². The van der Waals surface area contributed by atoms with Crippen molar-refractivity contribution in [1.29, 1.82) is 0 Å². The van der Waals surface area contributed by atoms with Crippen LogP contribution in [0.1, 0.15) is 50.1 Å². The molecule has 0 atom stereocenters. The molecule has 0 aromatic heterocycles. The van der Waals surface area contributed by atoms with Gasteiger partial charge in [-0.2, -0.15) is 0 Å². The van der Waals surface area contributed by atoms with Crippen LogP contribution >= 0.6 is 23.2 Å². The number of nitrogens with one attached hydrogen (secondary N) is 1. The molecule has 1 aliphatic rings. The monoisotopic (exact) mass is 680 g/mol. The zero-order valence-corrected chi connectivity index (χ0v) is 28.1. The van der Waals surface area contributed by atoms with E-state index in [1.54, 1.807) is 24.3 Å². The summed E-state index contributed by atoms with van der Waals surface area (Å²) in [5, 5.41) is 4.38. The first kappa shape index (κ1) is 32.7. The van der Waals surface area contributed by atoms with E-state index in [2.05, 4.69) is 34.5 Å². The summed E-state index contributed by atoms with van der Waals surface area (Å²) in [6.45, 7) is 1.29. The van der Waals surface area contributed by atoms with Crippen molar-refractivity contribution in [3.63, 3.8) is 0 Å². The highest BCUT2D eigenvalue weighted by atomic mass is 35.5. The van der Waals surface area contributed by atoms with Crippen molar-refractivity contribution in [3.8, 4) is 0 Å². The number of rotatable bonds is 10. The van der Waals surface area contributed by atoms with Crippen LogP contribution in [-0.4, -0.2) is 45.1 Å². The summed E-state index contributed by atoms with van der Waals surface area (Å²) in [4.78, 5) is 16.0. The highest BCUT2D eigenvalue weighted by Crippen LogP contribution is 2.39. The fourth-order valence-electron chi connectivity index (χ4n) is 6.25. The van der Waals surface area contributed by atoms with Gasteiger partial charge >= 0.3 is 0 Å². The molecule has 5 nitrogen and oxygen atoms in total. The first-order valence-corrected chi connectivity index (χ1v) is 18.0. The van der Waals surface area contributed by atoms with Crippen LogP contribution < -0.4 is 5.32 Å². The van der Waals surface area contributed by atoms with Crippen molar-refractivity contribution in [2.75, 3.05) is 25.9 Å². The summed E-state index contributed by atoms with van der Waals surface area (Å²) in [6.07, 6.45) is 1.23. The van der Waals surface area contributed by atoms with Gasteiger partial charge in [0, 0.05) is 47.4 Å². The molecule has 1 fully saturated rings. The molecule has 0 radical (unpaired) electrons. The maximum Gasteiger partial charge on any atom is 0.251 e. The Balaban J connectivity index is 1.25. The molecule has 8 heteroatoms. The summed E-state index contributed by atoms with van der Waals surface area (Å²) in [5.41, 5.74) is 5.99. The zero-order chi connectivity index (χ0) is 33.0. The first-order chi connectivity index (χ1) is 22.7. The smallest absolute Gasteiger partial charge is 0.251 e. The van der Waals surface area contributed by atoms with Gasteiger partial charge in [-0.05, 0) is 69.8 Å². The van der Waals surface area contributed by atoms with E-state index in [1.807, 2.05) is 84.9 Å². The van der Waals surface area contributed by atoms with Crippen LogP contribution in [0.2, 0.25) is 10.0 Å². The van der Waals surface area contributed by atoms with E-state index in [0.29, 0.717) is 40.8 Å². The van der Waals surface area contributed by atoms with E-state index in [4.69, 9.17) is 23.2 Å². The van der Waals surface area contributed by atoms with E-state index >= 15 is 0 Å². The number of amides is 1. The average molecular weight is 682 g/mol. The quantitative estimate of drug-likeness (QED) is 0.161. The lowest BCUT2D eigenvalue weighted by Crippen LogP contribution is -2.44. The summed E-state index contributed by atoms with van der Waals surface area (Å²) in [5.74, 6) is -0.296. The van der Waals surface area contributed by atoms with Crippen LogP contribution in [0.4, 0.5) is 0 Å². The summed E-state index contributed by atoms with van der Waals surface area (Å²) < 4.78 is 26.5. The molecule has 5 aromatic rings. The Bertz CT molecular complexity index is 1900. The lowest BCUT2D eigenvalue weighted by atomic mass is 9.91. The van der Waals surface area contributed by atoms with Gasteiger partial charge in [-0.3, -0.25) is 9.69 Å². The van der Waals surface area contributed by atoms with Gasteiger partial charge < -0.3 is 5.32 Å². The van der Waals surface area contributed by atoms with Crippen molar-refractivity contribution in [1.82, 2.24) is 10.2 Å². The average Bonchev–Trinajstić information content (AvgIpc) is 3.05. The molecule has 1 saturated heterocycles. The molecule has 1 aliphatic heterocycles. The van der Waals surface area contributed by atoms with Crippen molar-refractivity contribution in [2.45, 2.75) is 12.0 Å². The number of likely N-dealkylation sites (tertiary alicyclic amines) is 1. The molecule has 5 aromatic carbocycles. The third kappa shape index (κ3) is 7.69. The third-order valence-electron chi connectivity index (χ3n) is 8.47. The molecule has 0 unspecified atom stereocenters. The fourth-order valence-corrected chi connectivity index (χ4v) is 7.71. The van der Waals surface area contributed by atoms with Gasteiger partial charge in [0.15, 0.2) is 9.84 Å². The molecule has 0 spiro atoms. The SMILES string of the molecule is CS(=O)(=O)C(=C1CN(C(c2ccc(Cl)cc2)c2ccc(Cl)cc2)C1)c1cccc(C(=O)NCC(c2ccccc2)c2ccccc2)c1. The van der Waals surface area contributed by atoms with Gasteiger partial charge in [-0.25, -0.2) is 8.42 Å². The molecular formula is C39H34Cl2N2O3S. The molecule has 238 valence electrons. The summed E-state index contributed by atoms with van der Waals surface area (Å²) >= 11 is 12.4. The highest BCUT2D eigenvalue weighted by Gasteiger charge is 2.35. The lowest BCUT2D eigenvalue weighted by Gasteiger charge is -2.42. The Hall–Kier alpha value is -4.20. The molecule has 6 rings (SSSR count). The number of carbonyl (C=O) groups is 1. The van der Waals surface area contributed by atoms with Crippen molar-refractivity contribution in [3.05, 3.63) is 182 Å². The van der Waals surface area contributed by atoms with Crippen LogP contribution in [0.5, 0.6) is 0 Å². The number of carbonyl (C=O) groups excluding carboxylic acids is 1. The summed E-state index contributed by atoms with van der Waals surface area (Å²) in [6, 6.07) is 42.3. The highest BCUT2D eigenvalue weighted by molar-refractivity contribution is 8.00. The lowest BCUT2D eigenvalue weighted by molar-refractivity contribution is 0.0952. The van der Waals surface area contributed by atoms with Gasteiger partial charge in [-0.15, -0.1) is 0 Å².